The first-order chi connectivity index (χ1) is 22.1. The maximum atomic E-state index is 13.0. The number of ketones is 1. The smallest absolute Gasteiger partial charge is 0.790 e. The molecule has 20 heteroatoms. The van der Waals surface area contributed by atoms with Crippen LogP contribution in [-0.4, -0.2) is 117 Å². The van der Waals surface area contributed by atoms with Crippen molar-refractivity contribution in [2.45, 2.75) is 80.9 Å². The van der Waals surface area contributed by atoms with Gasteiger partial charge in [0.1, 0.15) is 65.5 Å². The molecule has 2 aromatic carbocycles. The van der Waals surface area contributed by atoms with Crippen LogP contribution in [0.25, 0.3) is 0 Å². The number of phosphoric ester groups is 1. The first-order valence-electron chi connectivity index (χ1n) is 14.2. The number of carbonyl (C=O) groups is 1. The van der Waals surface area contributed by atoms with Gasteiger partial charge in [0.2, 0.25) is 6.29 Å². The normalized spacial score (nSPS) is 33.6. The van der Waals surface area contributed by atoms with E-state index >= 15 is 0 Å². The zero-order chi connectivity index (χ0) is 34.4. The Balaban J connectivity index is 0.00000520. The van der Waals surface area contributed by atoms with Crippen LogP contribution in [0.2, 0.25) is 0 Å². The molecule has 0 saturated carbocycles. The molecule has 1 unspecified atom stereocenters. The van der Waals surface area contributed by atoms with E-state index in [1.807, 2.05) is 0 Å². The van der Waals surface area contributed by atoms with E-state index in [0.717, 1.165) is 12.1 Å². The molecule has 11 atom stereocenters. The standard InChI is InChI=1S/C28H35O18P.Na/c1-10-21(32)23(34)25(36)27(42-10)41-9-19-22(33)24(35)26(46-47(37,38)39)28(45-19)43-12-6-14(30)20-15(31)8-17(44-18(20)7-12)11-3-4-16(40-2)13(29)5-11;/h3-7,10,17,19,21-30,32-36H,8-9H2,1-2H3,(H2,37,38,39);/q;+1/p-2/t10-,17?,19+,21-,22+,23+,24-,25+,26+,27+,28+;/m0./s1. The first-order valence-corrected chi connectivity index (χ1v) is 15.7. The molecule has 48 heavy (non-hydrogen) atoms. The summed E-state index contributed by atoms with van der Waals surface area (Å²) in [7, 11) is -4.47. The van der Waals surface area contributed by atoms with E-state index in [-0.39, 0.29) is 64.5 Å². The summed E-state index contributed by atoms with van der Waals surface area (Å²) in [4.78, 5) is 36.0. The predicted octanol–water partition coefficient (Wildman–Crippen LogP) is -5.30. The van der Waals surface area contributed by atoms with E-state index < -0.39 is 93.5 Å². The Morgan fingerprint density at radius 1 is 0.917 bits per heavy atom. The minimum absolute atomic E-state index is 0. The summed E-state index contributed by atoms with van der Waals surface area (Å²) >= 11 is 0. The number of fused-ring (bicyclic) bond motifs is 1. The molecule has 2 saturated heterocycles. The van der Waals surface area contributed by atoms with Crippen molar-refractivity contribution in [3.8, 4) is 28.7 Å². The minimum atomic E-state index is -5.83. The largest absolute Gasteiger partial charge is 1.00 e. The fraction of sp³-hybridized carbons (Fsp3) is 0.536. The van der Waals surface area contributed by atoms with Crippen LogP contribution in [0.3, 0.4) is 0 Å². The minimum Gasteiger partial charge on any atom is -0.790 e. The summed E-state index contributed by atoms with van der Waals surface area (Å²) < 4.78 is 48.9. The monoisotopic (exact) mass is 711 g/mol. The zero-order valence-corrected chi connectivity index (χ0v) is 28.6. The number of phenols is 2. The number of carbonyl (C=O) groups excluding carboxylic acids is 1. The van der Waals surface area contributed by atoms with Gasteiger partial charge in [0, 0.05) is 12.1 Å². The molecule has 18 nitrogen and oxygen atoms in total. The van der Waals surface area contributed by atoms with E-state index in [9.17, 15) is 54.9 Å². The van der Waals surface area contributed by atoms with E-state index in [2.05, 4.69) is 4.52 Å². The number of aliphatic hydroxyl groups is 5. The number of aliphatic hydroxyl groups excluding tert-OH is 5. The number of benzene rings is 2. The van der Waals surface area contributed by atoms with E-state index in [1.165, 1.54) is 26.2 Å². The molecule has 260 valence electrons. The van der Waals surface area contributed by atoms with E-state index in [1.54, 1.807) is 6.07 Å². The summed E-state index contributed by atoms with van der Waals surface area (Å²) in [5, 5.41) is 72.4. The van der Waals surface area contributed by atoms with Gasteiger partial charge in [-0.3, -0.25) is 4.79 Å². The Kier molecular flexibility index (Phi) is 12.4. The molecule has 0 bridgehead atoms. The molecule has 3 heterocycles. The molecule has 2 aromatic rings. The van der Waals surface area contributed by atoms with Crippen molar-refractivity contribution in [3.05, 3.63) is 41.5 Å². The third-order valence-electron chi connectivity index (χ3n) is 7.93. The van der Waals surface area contributed by atoms with Gasteiger partial charge in [-0.25, -0.2) is 0 Å². The number of hydrogen-bond donors (Lipinski definition) is 7. The van der Waals surface area contributed by atoms with Crippen molar-refractivity contribution in [2.75, 3.05) is 13.7 Å². The average molecular weight is 712 g/mol. The second-order valence-electron chi connectivity index (χ2n) is 11.2. The molecule has 2 fully saturated rings. The maximum absolute atomic E-state index is 13.0. The van der Waals surface area contributed by atoms with Gasteiger partial charge in [-0.1, -0.05) is 6.07 Å². The molecule has 0 spiro atoms. The molecule has 0 amide bonds. The second kappa shape index (κ2) is 15.4. The van der Waals surface area contributed by atoms with Gasteiger partial charge >= 0.3 is 29.6 Å². The van der Waals surface area contributed by atoms with Crippen LogP contribution in [0.4, 0.5) is 0 Å². The van der Waals surface area contributed by atoms with Gasteiger partial charge in [0.15, 0.2) is 29.7 Å². The molecule has 0 aromatic heterocycles. The number of hydrogen-bond acceptors (Lipinski definition) is 18. The second-order valence-corrected chi connectivity index (χ2v) is 12.3. The van der Waals surface area contributed by atoms with Crippen LogP contribution >= 0.6 is 7.82 Å². The molecule has 7 N–H and O–H groups in total. The van der Waals surface area contributed by atoms with Crippen LogP contribution in [0, 0.1) is 0 Å². The summed E-state index contributed by atoms with van der Waals surface area (Å²) in [5.41, 5.74) is 0.184. The number of phosphoric acid groups is 1. The number of phenolic OH excluding ortho intramolecular Hbond substituents is 2. The van der Waals surface area contributed by atoms with E-state index in [0.29, 0.717) is 5.56 Å². The van der Waals surface area contributed by atoms with Crippen LogP contribution in [-0.2, 0) is 23.3 Å². The van der Waals surface area contributed by atoms with Gasteiger partial charge in [-0.15, -0.1) is 0 Å². The summed E-state index contributed by atoms with van der Waals surface area (Å²) in [6.07, 6.45) is -18.2. The Morgan fingerprint density at radius 3 is 2.27 bits per heavy atom. The Hall–Kier alpha value is -2.10. The number of Topliss-reactive ketones (excluding diaryl/α,β-unsaturated/α-hetero) is 1. The van der Waals surface area contributed by atoms with Gasteiger partial charge in [-0.2, -0.15) is 0 Å². The van der Waals surface area contributed by atoms with E-state index in [4.69, 9.17) is 28.4 Å². The van der Waals surface area contributed by atoms with Gasteiger partial charge in [0.25, 0.3) is 0 Å². The van der Waals surface area contributed by atoms with Crippen molar-refractivity contribution in [2.24, 2.45) is 0 Å². The summed E-state index contributed by atoms with van der Waals surface area (Å²) in [5.74, 6) is -1.67. The quantitative estimate of drug-likeness (QED) is 0.0944. The Labute approximate surface area is 294 Å². The molecule has 3 aliphatic rings. The molecule has 0 radical (unpaired) electrons. The van der Waals surface area contributed by atoms with Crippen LogP contribution in [0.1, 0.15) is 35.4 Å². The van der Waals surface area contributed by atoms with Crippen LogP contribution in [0.15, 0.2) is 30.3 Å². The topological polar surface area (TPSA) is 286 Å². The number of ether oxygens (including phenoxy) is 6. The third kappa shape index (κ3) is 8.26. The molecular weight excluding hydrogens is 678 g/mol. The fourth-order valence-electron chi connectivity index (χ4n) is 5.45. The maximum Gasteiger partial charge on any atom is 1.00 e. The summed E-state index contributed by atoms with van der Waals surface area (Å²) in [6, 6.07) is 6.44. The van der Waals surface area contributed by atoms with Gasteiger partial charge < -0.3 is 83.0 Å². The molecule has 5 rings (SSSR count). The number of aromatic hydroxyl groups is 2. The Morgan fingerprint density at radius 2 is 1.62 bits per heavy atom. The van der Waals surface area contributed by atoms with Crippen molar-refractivity contribution in [3.63, 3.8) is 0 Å². The predicted molar refractivity (Wildman–Crippen MR) is 147 cm³/mol. The fourth-order valence-corrected chi connectivity index (χ4v) is 5.97. The van der Waals surface area contributed by atoms with Crippen molar-refractivity contribution >= 4 is 13.6 Å². The van der Waals surface area contributed by atoms with Crippen molar-refractivity contribution in [1.82, 2.24) is 0 Å². The van der Waals surface area contributed by atoms with Gasteiger partial charge in [0.05, 0.1) is 34.1 Å². The van der Waals surface area contributed by atoms with Gasteiger partial charge in [-0.05, 0) is 24.6 Å². The average Bonchev–Trinajstić information content (AvgIpc) is 3.00. The SMILES string of the molecule is COc1ccc(C2CC(=O)c3c(O)cc(O[C@@H]4O[C@H](CO[C@@H]5O[C@@H](C)[C@H](O)[C@@H](O)[C@H]5O)[C@@H](O)[C@H](O)[C@H]4OP(=O)([O-])[O-])cc3O2)cc1O.[Na+]. The van der Waals surface area contributed by atoms with Crippen molar-refractivity contribution < 1.29 is 117 Å². The molecule has 3 aliphatic heterocycles. The Bertz CT molecular complexity index is 1510. The molecular formula is C28H33NaO18P-. The third-order valence-corrected chi connectivity index (χ3v) is 8.43. The zero-order valence-electron chi connectivity index (χ0n) is 25.7. The molecule has 0 aliphatic carbocycles. The first kappa shape index (κ1) is 38.7. The van der Waals surface area contributed by atoms with Crippen LogP contribution < -0.4 is 53.6 Å². The van der Waals surface area contributed by atoms with Crippen LogP contribution in [0.5, 0.6) is 28.7 Å². The number of rotatable bonds is 9. The summed E-state index contributed by atoms with van der Waals surface area (Å²) in [6.45, 7) is 0.730. The van der Waals surface area contributed by atoms with Crippen molar-refractivity contribution in [1.29, 1.82) is 0 Å². The number of methoxy groups -OCH3 is 1.